The summed E-state index contributed by atoms with van der Waals surface area (Å²) in [5.74, 6) is -0.210. The highest BCUT2D eigenvalue weighted by molar-refractivity contribution is 5.74. The van der Waals surface area contributed by atoms with Gasteiger partial charge in [0.05, 0.1) is 12.0 Å². The number of carbonyl (C=O) groups is 1. The molecular formula is C9H16O3. The summed E-state index contributed by atoms with van der Waals surface area (Å²) >= 11 is 0. The van der Waals surface area contributed by atoms with Crippen molar-refractivity contribution in [2.75, 3.05) is 0 Å². The number of cyclic esters (lactones) is 1. The highest BCUT2D eigenvalue weighted by Crippen LogP contribution is 2.26. The first-order valence-corrected chi connectivity index (χ1v) is 4.52. The van der Waals surface area contributed by atoms with Gasteiger partial charge in [0.2, 0.25) is 0 Å². The normalized spacial score (nSPS) is 31.8. The van der Waals surface area contributed by atoms with Gasteiger partial charge in [-0.1, -0.05) is 6.92 Å². The minimum Gasteiger partial charge on any atom is -0.462 e. The molecule has 1 fully saturated rings. The second kappa shape index (κ2) is 3.90. The summed E-state index contributed by atoms with van der Waals surface area (Å²) in [5.41, 5.74) is 0. The predicted octanol–water partition coefficient (Wildman–Crippen LogP) is 1.10. The third-order valence-electron chi connectivity index (χ3n) is 2.24. The van der Waals surface area contributed by atoms with Crippen LogP contribution in [0.1, 0.15) is 33.1 Å². The van der Waals surface area contributed by atoms with Gasteiger partial charge in [-0.05, 0) is 26.2 Å². The van der Waals surface area contributed by atoms with Gasteiger partial charge in [-0.25, -0.2) is 0 Å². The second-order valence-electron chi connectivity index (χ2n) is 3.48. The second-order valence-corrected chi connectivity index (χ2v) is 3.48. The maximum atomic E-state index is 11.1. The van der Waals surface area contributed by atoms with Crippen molar-refractivity contribution in [1.82, 2.24) is 0 Å². The zero-order chi connectivity index (χ0) is 9.14. The van der Waals surface area contributed by atoms with Crippen LogP contribution < -0.4 is 0 Å². The minimum atomic E-state index is -0.404. The Morgan fingerprint density at radius 2 is 2.42 bits per heavy atom. The number of hydrogen-bond acceptors (Lipinski definition) is 3. The molecular weight excluding hydrogens is 156 g/mol. The molecule has 0 saturated carbocycles. The lowest BCUT2D eigenvalue weighted by atomic mass is 9.98. The van der Waals surface area contributed by atoms with Gasteiger partial charge in [-0.2, -0.15) is 0 Å². The monoisotopic (exact) mass is 172 g/mol. The van der Waals surface area contributed by atoms with Gasteiger partial charge < -0.3 is 9.84 Å². The highest BCUT2D eigenvalue weighted by Gasteiger charge is 2.33. The van der Waals surface area contributed by atoms with E-state index in [1.54, 1.807) is 6.92 Å². The van der Waals surface area contributed by atoms with Crippen LogP contribution in [0.3, 0.4) is 0 Å². The fraction of sp³-hybridized carbons (Fsp3) is 0.889. The van der Waals surface area contributed by atoms with Crippen LogP contribution in [0.25, 0.3) is 0 Å². The van der Waals surface area contributed by atoms with E-state index in [-0.39, 0.29) is 18.0 Å². The molecule has 0 aromatic heterocycles. The molecule has 12 heavy (non-hydrogen) atoms. The van der Waals surface area contributed by atoms with Gasteiger partial charge in [0.1, 0.15) is 6.10 Å². The molecule has 1 N–H and O–H groups in total. The molecule has 0 spiro atoms. The van der Waals surface area contributed by atoms with Gasteiger partial charge in [0.15, 0.2) is 0 Å². The molecule has 1 aliphatic heterocycles. The van der Waals surface area contributed by atoms with Crippen LogP contribution in [0.15, 0.2) is 0 Å². The van der Waals surface area contributed by atoms with E-state index in [1.807, 2.05) is 6.92 Å². The molecule has 3 nitrogen and oxygen atoms in total. The van der Waals surface area contributed by atoms with Crippen molar-refractivity contribution < 1.29 is 14.6 Å². The number of aliphatic hydroxyl groups is 1. The van der Waals surface area contributed by atoms with E-state index in [0.717, 1.165) is 12.8 Å². The quantitative estimate of drug-likeness (QED) is 0.648. The van der Waals surface area contributed by atoms with E-state index < -0.39 is 6.10 Å². The topological polar surface area (TPSA) is 46.5 Å². The summed E-state index contributed by atoms with van der Waals surface area (Å²) in [4.78, 5) is 11.1. The summed E-state index contributed by atoms with van der Waals surface area (Å²) in [6, 6.07) is 0. The Morgan fingerprint density at radius 3 is 2.83 bits per heavy atom. The lowest BCUT2D eigenvalue weighted by Crippen LogP contribution is -2.14. The van der Waals surface area contributed by atoms with E-state index in [9.17, 15) is 4.79 Å². The number of carbonyl (C=O) groups excluding carboxylic acids is 1. The molecule has 0 radical (unpaired) electrons. The summed E-state index contributed by atoms with van der Waals surface area (Å²) < 4.78 is 5.07. The van der Waals surface area contributed by atoms with E-state index >= 15 is 0 Å². The first-order valence-electron chi connectivity index (χ1n) is 4.52. The Labute approximate surface area is 72.7 Å². The smallest absolute Gasteiger partial charge is 0.309 e. The number of rotatable bonds is 3. The molecule has 0 aromatic rings. The Balaban J connectivity index is 2.41. The fourth-order valence-electron chi connectivity index (χ4n) is 1.58. The molecule has 1 rings (SSSR count). The van der Waals surface area contributed by atoms with Crippen LogP contribution in [0.2, 0.25) is 0 Å². The first-order chi connectivity index (χ1) is 5.63. The Kier molecular flexibility index (Phi) is 3.09. The zero-order valence-corrected chi connectivity index (χ0v) is 7.62. The molecule has 3 unspecified atom stereocenters. The molecule has 3 atom stereocenters. The van der Waals surface area contributed by atoms with E-state index in [0.29, 0.717) is 6.42 Å². The van der Waals surface area contributed by atoms with Crippen LogP contribution in [0, 0.1) is 5.92 Å². The van der Waals surface area contributed by atoms with E-state index in [4.69, 9.17) is 9.84 Å². The molecule has 0 bridgehead atoms. The summed E-state index contributed by atoms with van der Waals surface area (Å²) in [5, 5.41) is 9.08. The van der Waals surface area contributed by atoms with Gasteiger partial charge >= 0.3 is 5.97 Å². The van der Waals surface area contributed by atoms with Crippen molar-refractivity contribution in [3.05, 3.63) is 0 Å². The van der Waals surface area contributed by atoms with E-state index in [2.05, 4.69) is 0 Å². The van der Waals surface area contributed by atoms with Gasteiger partial charge in [-0.15, -0.1) is 0 Å². The van der Waals surface area contributed by atoms with Crippen LogP contribution in [-0.4, -0.2) is 23.3 Å². The summed E-state index contributed by atoms with van der Waals surface area (Å²) in [6.45, 7) is 3.70. The number of hydrogen-bond donors (Lipinski definition) is 1. The molecule has 1 heterocycles. The van der Waals surface area contributed by atoms with Gasteiger partial charge in [-0.3, -0.25) is 4.79 Å². The van der Waals surface area contributed by atoms with Crippen LogP contribution in [0.5, 0.6) is 0 Å². The van der Waals surface area contributed by atoms with Crippen LogP contribution in [0.4, 0.5) is 0 Å². The summed E-state index contributed by atoms with van der Waals surface area (Å²) in [6.07, 6.45) is 1.87. The van der Waals surface area contributed by atoms with Crippen molar-refractivity contribution in [2.24, 2.45) is 5.92 Å². The van der Waals surface area contributed by atoms with Gasteiger partial charge in [0, 0.05) is 0 Å². The molecule has 1 saturated heterocycles. The Hall–Kier alpha value is -0.570. The first kappa shape index (κ1) is 9.52. The lowest BCUT2D eigenvalue weighted by Gasteiger charge is -2.06. The zero-order valence-electron chi connectivity index (χ0n) is 7.62. The molecule has 70 valence electrons. The average molecular weight is 172 g/mol. The van der Waals surface area contributed by atoms with Gasteiger partial charge in [0.25, 0.3) is 0 Å². The van der Waals surface area contributed by atoms with Crippen molar-refractivity contribution in [2.45, 2.75) is 45.3 Å². The number of esters is 1. The maximum Gasteiger partial charge on any atom is 0.309 e. The third-order valence-corrected chi connectivity index (χ3v) is 2.24. The van der Waals surface area contributed by atoms with Crippen LogP contribution in [-0.2, 0) is 9.53 Å². The molecule has 3 heteroatoms. The largest absolute Gasteiger partial charge is 0.462 e. The fourth-order valence-corrected chi connectivity index (χ4v) is 1.58. The SMILES string of the molecule is CCC1CC(CC(C)O)C(=O)O1. The summed E-state index contributed by atoms with van der Waals surface area (Å²) in [7, 11) is 0. The molecule has 1 aliphatic rings. The molecule has 0 aliphatic carbocycles. The number of aliphatic hydroxyl groups excluding tert-OH is 1. The lowest BCUT2D eigenvalue weighted by molar-refractivity contribution is -0.145. The van der Waals surface area contributed by atoms with Crippen molar-refractivity contribution in [3.8, 4) is 0 Å². The minimum absolute atomic E-state index is 0.0741. The Morgan fingerprint density at radius 1 is 1.75 bits per heavy atom. The predicted molar refractivity (Wildman–Crippen MR) is 44.6 cm³/mol. The Bertz CT molecular complexity index is 165. The molecule has 0 amide bonds. The highest BCUT2D eigenvalue weighted by atomic mass is 16.5. The third kappa shape index (κ3) is 2.21. The molecule has 0 aromatic carbocycles. The van der Waals surface area contributed by atoms with Crippen LogP contribution >= 0.6 is 0 Å². The van der Waals surface area contributed by atoms with Crippen molar-refractivity contribution >= 4 is 5.97 Å². The standard InChI is InChI=1S/C9H16O3/c1-3-8-5-7(4-6(2)10)9(11)12-8/h6-8,10H,3-5H2,1-2H3. The van der Waals surface area contributed by atoms with Crippen molar-refractivity contribution in [1.29, 1.82) is 0 Å². The van der Waals surface area contributed by atoms with E-state index in [1.165, 1.54) is 0 Å². The van der Waals surface area contributed by atoms with Crippen molar-refractivity contribution in [3.63, 3.8) is 0 Å². The average Bonchev–Trinajstić information content (AvgIpc) is 2.31. The number of ether oxygens (including phenoxy) is 1. The maximum absolute atomic E-state index is 11.1.